The molecule has 0 spiro atoms. The van der Waals surface area contributed by atoms with Crippen LogP contribution in [0.1, 0.15) is 11.1 Å². The van der Waals surface area contributed by atoms with Crippen molar-refractivity contribution in [1.29, 1.82) is 0 Å². The Morgan fingerprint density at radius 1 is 0.909 bits per heavy atom. The molecular formula is C25H28N2O4S2. The van der Waals surface area contributed by atoms with Crippen LogP contribution in [0.4, 0.5) is 5.69 Å². The molecule has 0 aliphatic heterocycles. The molecule has 0 fully saturated rings. The minimum atomic E-state index is -3.94. The standard InChI is InChI=1S/C25H28N2O4S2/c1-19-4-12-23(13-5-19)32-17-16-26-25(28)18-27(21-8-10-22(31-3)11-9-21)33(29,30)24-14-6-20(2)7-15-24/h4-15H,16-18H2,1-3H3,(H,26,28). The Hall–Kier alpha value is -2.97. The van der Waals surface area contributed by atoms with Gasteiger partial charge in [0.2, 0.25) is 5.91 Å². The highest BCUT2D eigenvalue weighted by Crippen LogP contribution is 2.26. The first-order valence-electron chi connectivity index (χ1n) is 10.5. The SMILES string of the molecule is COc1ccc(N(CC(=O)NCCSc2ccc(C)cc2)S(=O)(=O)c2ccc(C)cc2)cc1. The van der Waals surface area contributed by atoms with Crippen LogP contribution in [0.5, 0.6) is 5.75 Å². The second-order valence-corrected chi connectivity index (χ2v) is 10.6. The molecule has 33 heavy (non-hydrogen) atoms. The topological polar surface area (TPSA) is 75.7 Å². The maximum Gasteiger partial charge on any atom is 0.264 e. The number of sulfonamides is 1. The smallest absolute Gasteiger partial charge is 0.264 e. The van der Waals surface area contributed by atoms with Gasteiger partial charge in [0.25, 0.3) is 10.0 Å². The van der Waals surface area contributed by atoms with Gasteiger partial charge in [-0.2, -0.15) is 0 Å². The number of amides is 1. The molecule has 0 radical (unpaired) electrons. The van der Waals surface area contributed by atoms with Crippen molar-refractivity contribution in [3.8, 4) is 5.75 Å². The largest absolute Gasteiger partial charge is 0.497 e. The van der Waals surface area contributed by atoms with Gasteiger partial charge in [-0.3, -0.25) is 9.10 Å². The molecule has 0 heterocycles. The molecule has 3 aromatic rings. The van der Waals surface area contributed by atoms with Crippen LogP contribution in [-0.2, 0) is 14.8 Å². The third-order valence-electron chi connectivity index (χ3n) is 4.97. The van der Waals surface area contributed by atoms with Crippen LogP contribution in [-0.4, -0.2) is 40.3 Å². The van der Waals surface area contributed by atoms with E-state index in [4.69, 9.17) is 4.74 Å². The molecule has 6 nitrogen and oxygen atoms in total. The number of carbonyl (C=O) groups excluding carboxylic acids is 1. The van der Waals surface area contributed by atoms with Crippen molar-refractivity contribution in [2.24, 2.45) is 0 Å². The molecule has 174 valence electrons. The summed E-state index contributed by atoms with van der Waals surface area (Å²) in [5.41, 5.74) is 2.54. The van der Waals surface area contributed by atoms with Gasteiger partial charge in [-0.1, -0.05) is 35.4 Å². The predicted octanol–water partition coefficient (Wildman–Crippen LogP) is 4.42. The Morgan fingerprint density at radius 2 is 1.48 bits per heavy atom. The lowest BCUT2D eigenvalue weighted by Crippen LogP contribution is -2.41. The van der Waals surface area contributed by atoms with Crippen molar-refractivity contribution in [3.63, 3.8) is 0 Å². The van der Waals surface area contributed by atoms with E-state index in [0.29, 0.717) is 23.7 Å². The fourth-order valence-electron chi connectivity index (χ4n) is 3.08. The molecule has 0 aliphatic carbocycles. The van der Waals surface area contributed by atoms with Gasteiger partial charge in [0, 0.05) is 17.2 Å². The number of aryl methyl sites for hydroxylation is 2. The second-order valence-electron chi connectivity index (χ2n) is 7.53. The summed E-state index contributed by atoms with van der Waals surface area (Å²) in [6, 6.07) is 21.4. The lowest BCUT2D eigenvalue weighted by Gasteiger charge is -2.24. The summed E-state index contributed by atoms with van der Waals surface area (Å²) in [7, 11) is -2.40. The third-order valence-corrected chi connectivity index (χ3v) is 7.77. The van der Waals surface area contributed by atoms with E-state index >= 15 is 0 Å². The highest BCUT2D eigenvalue weighted by molar-refractivity contribution is 7.99. The van der Waals surface area contributed by atoms with Crippen LogP contribution in [0.15, 0.2) is 82.6 Å². The number of hydrogen-bond acceptors (Lipinski definition) is 5. The first-order chi connectivity index (χ1) is 15.8. The Labute approximate surface area is 200 Å². The van der Waals surface area contributed by atoms with Gasteiger partial charge < -0.3 is 10.1 Å². The zero-order valence-electron chi connectivity index (χ0n) is 18.9. The molecule has 0 atom stereocenters. The van der Waals surface area contributed by atoms with Crippen LogP contribution >= 0.6 is 11.8 Å². The van der Waals surface area contributed by atoms with E-state index in [9.17, 15) is 13.2 Å². The molecule has 1 N–H and O–H groups in total. The summed E-state index contributed by atoms with van der Waals surface area (Å²) >= 11 is 1.63. The summed E-state index contributed by atoms with van der Waals surface area (Å²) in [4.78, 5) is 13.9. The number of thioether (sulfide) groups is 1. The molecule has 0 aliphatic rings. The summed E-state index contributed by atoms with van der Waals surface area (Å²) in [6.07, 6.45) is 0. The third kappa shape index (κ3) is 6.76. The molecule has 3 rings (SSSR count). The number of ether oxygens (including phenoxy) is 1. The predicted molar refractivity (Wildman–Crippen MR) is 134 cm³/mol. The van der Waals surface area contributed by atoms with Crippen LogP contribution < -0.4 is 14.4 Å². The molecule has 0 unspecified atom stereocenters. The average Bonchev–Trinajstić information content (AvgIpc) is 2.82. The van der Waals surface area contributed by atoms with Crippen LogP contribution in [0.25, 0.3) is 0 Å². The van der Waals surface area contributed by atoms with Crippen LogP contribution in [0.2, 0.25) is 0 Å². The number of anilines is 1. The van der Waals surface area contributed by atoms with Crippen LogP contribution in [0, 0.1) is 13.8 Å². The molecule has 3 aromatic carbocycles. The minimum Gasteiger partial charge on any atom is -0.497 e. The molecule has 1 amide bonds. The molecule has 0 saturated heterocycles. The molecule has 0 saturated carbocycles. The van der Waals surface area contributed by atoms with E-state index in [0.717, 1.165) is 14.8 Å². The summed E-state index contributed by atoms with van der Waals surface area (Å²) in [5, 5.41) is 2.83. The van der Waals surface area contributed by atoms with E-state index in [-0.39, 0.29) is 17.3 Å². The van der Waals surface area contributed by atoms with E-state index in [1.807, 2.05) is 38.1 Å². The lowest BCUT2D eigenvalue weighted by molar-refractivity contribution is -0.119. The maximum atomic E-state index is 13.4. The van der Waals surface area contributed by atoms with Gasteiger partial charge in [-0.25, -0.2) is 8.42 Å². The highest BCUT2D eigenvalue weighted by Gasteiger charge is 2.27. The van der Waals surface area contributed by atoms with Gasteiger partial charge in [0.1, 0.15) is 12.3 Å². The van der Waals surface area contributed by atoms with Crippen LogP contribution in [0.3, 0.4) is 0 Å². The average molecular weight is 485 g/mol. The lowest BCUT2D eigenvalue weighted by atomic mass is 10.2. The van der Waals surface area contributed by atoms with Crippen molar-refractivity contribution < 1.29 is 17.9 Å². The first-order valence-corrected chi connectivity index (χ1v) is 12.9. The van der Waals surface area contributed by atoms with Gasteiger partial charge in [0.05, 0.1) is 17.7 Å². The van der Waals surface area contributed by atoms with Crippen molar-refractivity contribution in [2.75, 3.05) is 30.3 Å². The second kappa shape index (κ2) is 11.2. The Balaban J connectivity index is 1.71. The molecule has 8 heteroatoms. The van der Waals surface area contributed by atoms with Gasteiger partial charge in [-0.05, 0) is 62.4 Å². The number of rotatable bonds is 10. The summed E-state index contributed by atoms with van der Waals surface area (Å²) < 4.78 is 33.1. The van der Waals surface area contributed by atoms with Gasteiger partial charge >= 0.3 is 0 Å². The zero-order chi connectivity index (χ0) is 23.8. The quantitative estimate of drug-likeness (QED) is 0.341. The number of hydrogen-bond donors (Lipinski definition) is 1. The number of methoxy groups -OCH3 is 1. The number of nitrogens with one attached hydrogen (secondary N) is 1. The Kier molecular flexibility index (Phi) is 8.41. The Morgan fingerprint density at radius 3 is 2.06 bits per heavy atom. The fourth-order valence-corrected chi connectivity index (χ4v) is 5.27. The van der Waals surface area contributed by atoms with Crippen molar-refractivity contribution in [3.05, 3.63) is 83.9 Å². The van der Waals surface area contributed by atoms with Gasteiger partial charge in [0.15, 0.2) is 0 Å². The highest BCUT2D eigenvalue weighted by atomic mass is 32.2. The summed E-state index contributed by atoms with van der Waals surface area (Å²) in [6.45, 7) is 4.03. The fraction of sp³-hybridized carbons (Fsp3) is 0.240. The van der Waals surface area contributed by atoms with E-state index < -0.39 is 10.0 Å². The minimum absolute atomic E-state index is 0.131. The zero-order valence-corrected chi connectivity index (χ0v) is 20.6. The summed E-state index contributed by atoms with van der Waals surface area (Å²) in [5.74, 6) is 0.914. The van der Waals surface area contributed by atoms with Crippen molar-refractivity contribution in [2.45, 2.75) is 23.6 Å². The number of benzene rings is 3. The Bertz CT molecular complexity index is 1160. The van der Waals surface area contributed by atoms with Crippen molar-refractivity contribution in [1.82, 2.24) is 5.32 Å². The monoisotopic (exact) mass is 484 g/mol. The number of carbonyl (C=O) groups is 1. The van der Waals surface area contributed by atoms with Gasteiger partial charge in [-0.15, -0.1) is 11.8 Å². The van der Waals surface area contributed by atoms with Crippen molar-refractivity contribution >= 4 is 33.4 Å². The van der Waals surface area contributed by atoms with E-state index in [1.165, 1.54) is 12.7 Å². The van der Waals surface area contributed by atoms with E-state index in [2.05, 4.69) is 5.32 Å². The molecular weight excluding hydrogens is 456 g/mol. The molecule has 0 aromatic heterocycles. The normalized spacial score (nSPS) is 11.1. The first kappa shape index (κ1) is 24.7. The van der Waals surface area contributed by atoms with E-state index in [1.54, 1.807) is 60.3 Å². The molecule has 0 bridgehead atoms. The maximum absolute atomic E-state index is 13.4. The number of nitrogens with zero attached hydrogens (tertiary/aromatic N) is 1.